The van der Waals surface area contributed by atoms with Crippen LogP contribution in [0.3, 0.4) is 0 Å². The van der Waals surface area contributed by atoms with E-state index in [9.17, 15) is 10.1 Å². The van der Waals surface area contributed by atoms with Crippen LogP contribution in [0.4, 0.5) is 0 Å². The van der Waals surface area contributed by atoms with Gasteiger partial charge in [0.25, 0.3) is 0 Å². The van der Waals surface area contributed by atoms with Crippen LogP contribution in [0.15, 0.2) is 30.1 Å². The van der Waals surface area contributed by atoms with E-state index in [1.165, 1.54) is 6.08 Å². The van der Waals surface area contributed by atoms with Gasteiger partial charge < -0.3 is 20.1 Å². The summed E-state index contributed by atoms with van der Waals surface area (Å²) in [7, 11) is 1.00. The molecule has 1 heterocycles. The van der Waals surface area contributed by atoms with Crippen molar-refractivity contribution in [3.8, 4) is 5.75 Å². The first-order chi connectivity index (χ1) is 7.27. The quantitative estimate of drug-likeness (QED) is 0.528. The van der Waals surface area contributed by atoms with Crippen molar-refractivity contribution in [2.24, 2.45) is 0 Å². The van der Waals surface area contributed by atoms with Crippen molar-refractivity contribution in [1.82, 2.24) is 5.48 Å². The monoisotopic (exact) mass is 210 g/mol. The van der Waals surface area contributed by atoms with Crippen molar-refractivity contribution in [2.75, 3.05) is 7.11 Å². The molecule has 0 aliphatic carbocycles. The number of rotatable bonds is 1. The van der Waals surface area contributed by atoms with Gasteiger partial charge in [-0.25, -0.2) is 0 Å². The van der Waals surface area contributed by atoms with Crippen LogP contribution in [0, 0.1) is 10.1 Å². The van der Waals surface area contributed by atoms with Gasteiger partial charge in [-0.2, -0.15) is 0 Å². The maximum atomic E-state index is 10.4. The molecule has 0 saturated carbocycles. The van der Waals surface area contributed by atoms with Crippen molar-refractivity contribution >= 4 is 6.08 Å². The summed E-state index contributed by atoms with van der Waals surface area (Å²) in [6.07, 6.45) is 1.43. The summed E-state index contributed by atoms with van der Waals surface area (Å²) in [4.78, 5) is 14.8. The van der Waals surface area contributed by atoms with Crippen molar-refractivity contribution in [3.05, 3.63) is 45.8 Å². The van der Waals surface area contributed by atoms with Gasteiger partial charge in [0, 0.05) is 18.7 Å². The Balaban J connectivity index is 0.000000531. The standard InChI is InChI=1S/C8H6N2O3.CH4O/c11-10(12)8-5-6-3-1-2-4-7(6)13-9-8;1-2/h1-5,9H;2H,1H3. The van der Waals surface area contributed by atoms with E-state index in [-0.39, 0.29) is 5.82 Å². The molecule has 1 aliphatic rings. The number of fused-ring (bicyclic) bond motifs is 1. The number of aliphatic hydroxyl groups excluding tert-OH is 1. The summed E-state index contributed by atoms with van der Waals surface area (Å²) < 4.78 is 0. The highest BCUT2D eigenvalue weighted by Gasteiger charge is 2.17. The van der Waals surface area contributed by atoms with Gasteiger partial charge in [0.1, 0.15) is 0 Å². The average molecular weight is 210 g/mol. The minimum atomic E-state index is -0.532. The lowest BCUT2D eigenvalue weighted by molar-refractivity contribution is -0.437. The van der Waals surface area contributed by atoms with E-state index >= 15 is 0 Å². The first kappa shape index (κ1) is 11.0. The number of nitrogens with zero attached hydrogens (tertiary/aromatic N) is 1. The van der Waals surface area contributed by atoms with E-state index in [0.29, 0.717) is 11.3 Å². The van der Waals surface area contributed by atoms with E-state index in [0.717, 1.165) is 7.11 Å². The molecule has 1 aliphatic heterocycles. The topological polar surface area (TPSA) is 84.6 Å². The second-order valence-corrected chi connectivity index (χ2v) is 2.53. The Morgan fingerprint density at radius 3 is 2.73 bits per heavy atom. The van der Waals surface area contributed by atoms with Crippen LogP contribution in [-0.4, -0.2) is 17.1 Å². The maximum Gasteiger partial charge on any atom is 0.355 e. The molecule has 0 radical (unpaired) electrons. The molecule has 0 saturated heterocycles. The molecular formula is C9H10N2O4. The van der Waals surface area contributed by atoms with E-state index < -0.39 is 4.92 Å². The molecule has 0 spiro atoms. The number of nitrogens with one attached hydrogen (secondary N) is 1. The van der Waals surface area contributed by atoms with Gasteiger partial charge in [-0.3, -0.25) is 0 Å². The van der Waals surface area contributed by atoms with Crippen LogP contribution in [0.2, 0.25) is 0 Å². The fourth-order valence-corrected chi connectivity index (χ4v) is 1.07. The second-order valence-electron chi connectivity index (χ2n) is 2.53. The molecule has 0 bridgehead atoms. The Bertz CT molecular complexity index is 389. The van der Waals surface area contributed by atoms with Gasteiger partial charge in [0.2, 0.25) is 0 Å². The second kappa shape index (κ2) is 4.97. The zero-order chi connectivity index (χ0) is 11.3. The lowest BCUT2D eigenvalue weighted by atomic mass is 10.2. The molecule has 1 aromatic rings. The third-order valence-electron chi connectivity index (χ3n) is 1.67. The van der Waals surface area contributed by atoms with Crippen LogP contribution in [0.1, 0.15) is 5.56 Å². The van der Waals surface area contributed by atoms with E-state index in [1.54, 1.807) is 24.3 Å². The number of para-hydroxylation sites is 1. The number of aliphatic hydroxyl groups is 1. The number of hydroxylamine groups is 1. The molecule has 0 fully saturated rings. The summed E-state index contributed by atoms with van der Waals surface area (Å²) in [6, 6.07) is 7.07. The first-order valence-electron chi connectivity index (χ1n) is 4.10. The van der Waals surface area contributed by atoms with E-state index in [2.05, 4.69) is 5.48 Å². The normalized spacial score (nSPS) is 12.0. The van der Waals surface area contributed by atoms with Gasteiger partial charge in [-0.1, -0.05) is 23.7 Å². The highest BCUT2D eigenvalue weighted by Crippen LogP contribution is 2.23. The minimum Gasteiger partial charge on any atom is -0.400 e. The van der Waals surface area contributed by atoms with Gasteiger partial charge in [0.15, 0.2) is 5.75 Å². The molecular weight excluding hydrogens is 200 g/mol. The van der Waals surface area contributed by atoms with Gasteiger partial charge in [-0.05, 0) is 11.0 Å². The smallest absolute Gasteiger partial charge is 0.355 e. The van der Waals surface area contributed by atoms with Crippen molar-refractivity contribution in [2.45, 2.75) is 0 Å². The molecule has 0 aromatic heterocycles. The van der Waals surface area contributed by atoms with Crippen molar-refractivity contribution < 1.29 is 14.9 Å². The molecule has 2 rings (SSSR count). The highest BCUT2D eigenvalue weighted by molar-refractivity contribution is 5.59. The molecule has 6 heteroatoms. The summed E-state index contributed by atoms with van der Waals surface area (Å²) >= 11 is 0. The SMILES string of the molecule is CO.O=[N+]([O-])C1=Cc2ccccc2ON1. The Morgan fingerprint density at radius 2 is 2.07 bits per heavy atom. The van der Waals surface area contributed by atoms with Crippen molar-refractivity contribution in [1.29, 1.82) is 0 Å². The third-order valence-corrected chi connectivity index (χ3v) is 1.67. The highest BCUT2D eigenvalue weighted by atomic mass is 16.7. The predicted octanol–water partition coefficient (Wildman–Crippen LogP) is 0.767. The van der Waals surface area contributed by atoms with Crippen LogP contribution in [-0.2, 0) is 0 Å². The minimum absolute atomic E-state index is 0.154. The predicted molar refractivity (Wildman–Crippen MR) is 53.3 cm³/mol. The summed E-state index contributed by atoms with van der Waals surface area (Å²) in [5.74, 6) is 0.437. The summed E-state index contributed by atoms with van der Waals surface area (Å²) in [5, 5.41) is 17.4. The van der Waals surface area contributed by atoms with Crippen LogP contribution in [0.5, 0.6) is 5.75 Å². The number of hydrogen-bond donors (Lipinski definition) is 2. The van der Waals surface area contributed by atoms with Gasteiger partial charge in [-0.15, -0.1) is 0 Å². The Morgan fingerprint density at radius 1 is 1.40 bits per heavy atom. The van der Waals surface area contributed by atoms with Crippen molar-refractivity contribution in [3.63, 3.8) is 0 Å². The van der Waals surface area contributed by atoms with Gasteiger partial charge in [0.05, 0.1) is 0 Å². The average Bonchev–Trinajstić information content (AvgIpc) is 2.31. The maximum absolute atomic E-state index is 10.4. The number of nitro groups is 1. The lowest BCUT2D eigenvalue weighted by Gasteiger charge is -2.10. The molecule has 1 aromatic carbocycles. The fraction of sp³-hybridized carbons (Fsp3) is 0.111. The number of hydrogen-bond acceptors (Lipinski definition) is 5. The van der Waals surface area contributed by atoms with Gasteiger partial charge >= 0.3 is 5.82 Å². The molecule has 0 unspecified atom stereocenters. The molecule has 6 nitrogen and oxygen atoms in total. The lowest BCUT2D eigenvalue weighted by Crippen LogP contribution is -2.26. The van der Waals surface area contributed by atoms with Crippen LogP contribution >= 0.6 is 0 Å². The largest absolute Gasteiger partial charge is 0.400 e. The number of benzene rings is 1. The molecule has 0 amide bonds. The van der Waals surface area contributed by atoms with E-state index in [1.807, 2.05) is 0 Å². The molecule has 80 valence electrons. The summed E-state index contributed by atoms with van der Waals surface area (Å²) in [6.45, 7) is 0. The summed E-state index contributed by atoms with van der Waals surface area (Å²) in [5.41, 5.74) is 2.94. The Labute approximate surface area is 85.9 Å². The van der Waals surface area contributed by atoms with Crippen LogP contribution < -0.4 is 10.3 Å². The molecule has 2 N–H and O–H groups in total. The zero-order valence-electron chi connectivity index (χ0n) is 8.01. The fourth-order valence-electron chi connectivity index (χ4n) is 1.07. The van der Waals surface area contributed by atoms with Crippen LogP contribution in [0.25, 0.3) is 6.08 Å². The Kier molecular flexibility index (Phi) is 3.64. The third kappa shape index (κ3) is 2.44. The zero-order valence-corrected chi connectivity index (χ0v) is 8.01. The van der Waals surface area contributed by atoms with E-state index in [4.69, 9.17) is 9.94 Å². The molecule has 15 heavy (non-hydrogen) atoms. The first-order valence-corrected chi connectivity index (χ1v) is 4.10. The molecule has 0 atom stereocenters. The Hall–Kier alpha value is -2.08.